The fourth-order valence-corrected chi connectivity index (χ4v) is 6.31. The molecule has 2 saturated carbocycles. The van der Waals surface area contributed by atoms with Crippen LogP contribution in [0.4, 0.5) is 0 Å². The second-order valence-electron chi connectivity index (χ2n) is 9.46. The van der Waals surface area contributed by atoms with Crippen molar-refractivity contribution in [1.29, 1.82) is 0 Å². The van der Waals surface area contributed by atoms with Crippen molar-refractivity contribution in [2.75, 3.05) is 6.61 Å². The van der Waals surface area contributed by atoms with Crippen molar-refractivity contribution < 1.29 is 9.84 Å². The maximum Gasteiger partial charge on any atom is 0.121 e. The van der Waals surface area contributed by atoms with Gasteiger partial charge in [0.05, 0.1) is 12.7 Å². The molecule has 0 amide bonds. The predicted molar refractivity (Wildman–Crippen MR) is 88.6 cm³/mol. The standard InChI is InChI=1S/C20H32O2/c1-13-5-6-14-11-16-19(4,9-7-15(13)18(14,2)3)10-8-17(21)20(16)12-22-20/h14,16-17,21H,5-12H2,1-4H3/t14-,16-,17-,19+,20-/m0/s1. The number of aliphatic hydroxyl groups is 1. The van der Waals surface area contributed by atoms with Gasteiger partial charge in [-0.15, -0.1) is 0 Å². The summed E-state index contributed by atoms with van der Waals surface area (Å²) in [6.07, 6.45) is 8.25. The molecule has 4 rings (SSSR count). The van der Waals surface area contributed by atoms with Crippen LogP contribution in [0.5, 0.6) is 0 Å². The summed E-state index contributed by atoms with van der Waals surface area (Å²) in [5, 5.41) is 10.6. The van der Waals surface area contributed by atoms with Gasteiger partial charge >= 0.3 is 0 Å². The number of ether oxygens (including phenoxy) is 1. The van der Waals surface area contributed by atoms with Crippen LogP contribution in [0.1, 0.15) is 72.6 Å². The van der Waals surface area contributed by atoms with E-state index in [1.807, 2.05) is 0 Å². The Morgan fingerprint density at radius 2 is 1.82 bits per heavy atom. The summed E-state index contributed by atoms with van der Waals surface area (Å²) < 4.78 is 5.95. The summed E-state index contributed by atoms with van der Waals surface area (Å²) in [6.45, 7) is 10.6. The molecule has 1 heterocycles. The Balaban J connectivity index is 1.74. The molecule has 2 bridgehead atoms. The molecule has 2 nitrogen and oxygen atoms in total. The minimum Gasteiger partial charge on any atom is -0.390 e. The van der Waals surface area contributed by atoms with Gasteiger partial charge in [-0.25, -0.2) is 0 Å². The van der Waals surface area contributed by atoms with E-state index in [1.165, 1.54) is 38.5 Å². The van der Waals surface area contributed by atoms with E-state index >= 15 is 0 Å². The number of hydrogen-bond donors (Lipinski definition) is 1. The molecule has 2 heteroatoms. The molecule has 0 aromatic heterocycles. The van der Waals surface area contributed by atoms with Crippen LogP contribution in [0.2, 0.25) is 0 Å². The predicted octanol–water partition coefficient (Wildman–Crippen LogP) is 4.47. The molecule has 0 unspecified atom stereocenters. The number of aliphatic hydroxyl groups excluding tert-OH is 1. The fourth-order valence-electron chi connectivity index (χ4n) is 6.31. The summed E-state index contributed by atoms with van der Waals surface area (Å²) in [5.41, 5.74) is 3.92. The van der Waals surface area contributed by atoms with Gasteiger partial charge in [-0.3, -0.25) is 0 Å². The van der Waals surface area contributed by atoms with Gasteiger partial charge in [-0.05, 0) is 74.5 Å². The molecule has 3 fully saturated rings. The van der Waals surface area contributed by atoms with Crippen molar-refractivity contribution in [2.24, 2.45) is 22.7 Å². The van der Waals surface area contributed by atoms with Crippen LogP contribution in [0.25, 0.3) is 0 Å². The van der Waals surface area contributed by atoms with Crippen LogP contribution < -0.4 is 0 Å². The number of allylic oxidation sites excluding steroid dienone is 2. The van der Waals surface area contributed by atoms with Gasteiger partial charge in [0.15, 0.2) is 0 Å². The monoisotopic (exact) mass is 304 g/mol. The maximum atomic E-state index is 10.6. The third-order valence-corrected chi connectivity index (χ3v) is 8.11. The zero-order valence-corrected chi connectivity index (χ0v) is 14.7. The van der Waals surface area contributed by atoms with E-state index in [2.05, 4.69) is 27.7 Å². The minimum absolute atomic E-state index is 0.184. The highest BCUT2D eigenvalue weighted by atomic mass is 16.6. The Labute approximate surface area is 135 Å². The largest absolute Gasteiger partial charge is 0.390 e. The van der Waals surface area contributed by atoms with Crippen molar-refractivity contribution in [2.45, 2.75) is 84.3 Å². The van der Waals surface area contributed by atoms with Crippen LogP contribution in [-0.4, -0.2) is 23.4 Å². The topological polar surface area (TPSA) is 32.8 Å². The summed E-state index contributed by atoms with van der Waals surface area (Å²) >= 11 is 0. The molecule has 0 aromatic rings. The van der Waals surface area contributed by atoms with Gasteiger partial charge < -0.3 is 9.84 Å². The lowest BCUT2D eigenvalue weighted by Crippen LogP contribution is -2.53. The van der Waals surface area contributed by atoms with E-state index in [9.17, 15) is 5.11 Å². The summed E-state index contributed by atoms with van der Waals surface area (Å²) in [5.74, 6) is 1.30. The molecule has 1 N–H and O–H groups in total. The molecule has 124 valence electrons. The van der Waals surface area contributed by atoms with Gasteiger partial charge in [0.2, 0.25) is 0 Å². The number of epoxide rings is 1. The molecule has 3 aliphatic carbocycles. The molecule has 5 atom stereocenters. The van der Waals surface area contributed by atoms with Crippen molar-refractivity contribution in [3.63, 3.8) is 0 Å². The molecular weight excluding hydrogens is 272 g/mol. The van der Waals surface area contributed by atoms with Crippen LogP contribution in [0.3, 0.4) is 0 Å². The smallest absolute Gasteiger partial charge is 0.121 e. The van der Waals surface area contributed by atoms with Crippen molar-refractivity contribution in [3.8, 4) is 0 Å². The lowest BCUT2D eigenvalue weighted by molar-refractivity contribution is -0.0842. The second kappa shape index (κ2) is 4.60. The van der Waals surface area contributed by atoms with Gasteiger partial charge in [-0.2, -0.15) is 0 Å². The van der Waals surface area contributed by atoms with E-state index in [0.717, 1.165) is 18.9 Å². The molecule has 1 saturated heterocycles. The Kier molecular flexibility index (Phi) is 3.18. The van der Waals surface area contributed by atoms with Crippen molar-refractivity contribution >= 4 is 0 Å². The van der Waals surface area contributed by atoms with Crippen LogP contribution >= 0.6 is 0 Å². The first kappa shape index (κ1) is 15.2. The van der Waals surface area contributed by atoms with Crippen molar-refractivity contribution in [3.05, 3.63) is 11.1 Å². The molecule has 1 aliphatic heterocycles. The summed E-state index contributed by atoms with van der Waals surface area (Å²) in [7, 11) is 0. The SMILES string of the molecule is CC1=C2CC[C@]3(C)CC[C@H](O)[C@]4(CO4)[C@H]3C[C@H](CC1)C2(C)C. The normalized spacial score (nSPS) is 50.3. The fraction of sp³-hybridized carbons (Fsp3) is 0.900. The highest BCUT2D eigenvalue weighted by Crippen LogP contribution is 2.63. The number of rotatable bonds is 0. The Morgan fingerprint density at radius 1 is 1.09 bits per heavy atom. The summed E-state index contributed by atoms with van der Waals surface area (Å²) in [6, 6.07) is 0. The Morgan fingerprint density at radius 3 is 2.50 bits per heavy atom. The first-order valence-corrected chi connectivity index (χ1v) is 9.31. The number of hydrogen-bond acceptors (Lipinski definition) is 2. The van der Waals surface area contributed by atoms with Crippen LogP contribution in [-0.2, 0) is 4.74 Å². The average Bonchev–Trinajstić information content (AvgIpc) is 3.22. The quantitative estimate of drug-likeness (QED) is 0.529. The van der Waals surface area contributed by atoms with Gasteiger partial charge in [0.25, 0.3) is 0 Å². The van der Waals surface area contributed by atoms with E-state index in [4.69, 9.17) is 4.74 Å². The molecule has 0 aromatic carbocycles. The maximum absolute atomic E-state index is 10.6. The van der Waals surface area contributed by atoms with Gasteiger partial charge in [0.1, 0.15) is 5.60 Å². The lowest BCUT2D eigenvalue weighted by atomic mass is 9.51. The zero-order chi connectivity index (χ0) is 15.8. The Bertz CT molecular complexity index is 514. The number of fused-ring (bicyclic) bond motifs is 4. The van der Waals surface area contributed by atoms with Crippen LogP contribution in [0, 0.1) is 22.7 Å². The van der Waals surface area contributed by atoms with E-state index in [1.54, 1.807) is 11.1 Å². The van der Waals surface area contributed by atoms with E-state index in [0.29, 0.717) is 16.7 Å². The third-order valence-electron chi connectivity index (χ3n) is 8.11. The first-order chi connectivity index (χ1) is 10.3. The van der Waals surface area contributed by atoms with E-state index < -0.39 is 0 Å². The van der Waals surface area contributed by atoms with Crippen molar-refractivity contribution in [1.82, 2.24) is 0 Å². The first-order valence-electron chi connectivity index (χ1n) is 9.31. The summed E-state index contributed by atoms with van der Waals surface area (Å²) in [4.78, 5) is 0. The Hall–Kier alpha value is -0.340. The molecular formula is C20H32O2. The molecule has 0 radical (unpaired) electrons. The molecule has 22 heavy (non-hydrogen) atoms. The lowest BCUT2D eigenvalue weighted by Gasteiger charge is -2.54. The zero-order valence-electron chi connectivity index (χ0n) is 14.7. The van der Waals surface area contributed by atoms with Gasteiger partial charge in [0, 0.05) is 0 Å². The second-order valence-corrected chi connectivity index (χ2v) is 9.46. The molecule has 4 aliphatic rings. The van der Waals surface area contributed by atoms with E-state index in [-0.39, 0.29) is 11.7 Å². The third kappa shape index (κ3) is 1.92. The average molecular weight is 304 g/mol. The molecule has 1 spiro atoms. The highest BCUT2D eigenvalue weighted by Gasteiger charge is 2.65. The van der Waals surface area contributed by atoms with Crippen LogP contribution in [0.15, 0.2) is 11.1 Å². The minimum atomic E-state index is -0.228. The highest BCUT2D eigenvalue weighted by molar-refractivity contribution is 5.27. The van der Waals surface area contributed by atoms with Gasteiger partial charge in [-0.1, -0.05) is 31.9 Å².